The van der Waals surface area contributed by atoms with Crippen LogP contribution in [0.4, 0.5) is 0 Å². The lowest BCUT2D eigenvalue weighted by Gasteiger charge is -2.16. The zero-order chi connectivity index (χ0) is 17.4. The molecule has 3 N–H and O–H groups in total. The van der Waals surface area contributed by atoms with E-state index >= 15 is 0 Å². The Morgan fingerprint density at radius 1 is 1.17 bits per heavy atom. The van der Waals surface area contributed by atoms with Crippen LogP contribution in [0.5, 0.6) is 0 Å². The van der Waals surface area contributed by atoms with Crippen LogP contribution >= 0.6 is 0 Å². The van der Waals surface area contributed by atoms with Crippen LogP contribution in [-0.4, -0.2) is 40.7 Å². The minimum Gasteiger partial charge on any atom is -0.354 e. The number of carbonyl (C=O) groups excluding carboxylic acids is 2. The number of carbonyl (C=O) groups is 2. The lowest BCUT2D eigenvalue weighted by molar-refractivity contribution is 0.0783. The summed E-state index contributed by atoms with van der Waals surface area (Å²) in [5.74, 6) is 0.0244. The van der Waals surface area contributed by atoms with Gasteiger partial charge in [-0.25, -0.2) is 0 Å². The number of amides is 1. The molecule has 5 heteroatoms. The summed E-state index contributed by atoms with van der Waals surface area (Å²) < 4.78 is 0. The van der Waals surface area contributed by atoms with Crippen LogP contribution < -0.4 is 5.73 Å². The highest BCUT2D eigenvalue weighted by atomic mass is 16.2. The molecule has 1 fully saturated rings. The van der Waals surface area contributed by atoms with Crippen molar-refractivity contribution in [1.29, 1.82) is 0 Å². The summed E-state index contributed by atoms with van der Waals surface area (Å²) in [7, 11) is 0. The summed E-state index contributed by atoms with van der Waals surface area (Å²) in [4.78, 5) is 29.5. The topological polar surface area (TPSA) is 79.2 Å². The predicted molar refractivity (Wildman–Crippen MR) is 93.3 cm³/mol. The van der Waals surface area contributed by atoms with Crippen molar-refractivity contribution in [2.75, 3.05) is 13.1 Å². The summed E-state index contributed by atoms with van der Waals surface area (Å²) in [6.45, 7) is 6.28. The van der Waals surface area contributed by atoms with E-state index in [1.807, 2.05) is 32.0 Å². The highest BCUT2D eigenvalue weighted by molar-refractivity contribution is 6.02. The molecule has 1 amide bonds. The second-order valence-corrected chi connectivity index (χ2v) is 6.57. The third kappa shape index (κ3) is 2.76. The van der Waals surface area contributed by atoms with Crippen LogP contribution in [0.3, 0.4) is 0 Å². The van der Waals surface area contributed by atoms with Crippen molar-refractivity contribution in [1.82, 2.24) is 9.88 Å². The second kappa shape index (κ2) is 6.24. The monoisotopic (exact) mass is 325 g/mol. The largest absolute Gasteiger partial charge is 0.354 e. The number of nitrogens with one attached hydrogen (secondary N) is 1. The number of ketones is 1. The first kappa shape index (κ1) is 16.5. The van der Waals surface area contributed by atoms with Gasteiger partial charge in [0.2, 0.25) is 0 Å². The number of likely N-dealkylation sites (tertiary alicyclic amines) is 1. The first-order valence-corrected chi connectivity index (χ1v) is 8.20. The van der Waals surface area contributed by atoms with Crippen molar-refractivity contribution in [2.24, 2.45) is 5.73 Å². The molecular formula is C19H23N3O2. The molecule has 2 aromatic rings. The second-order valence-electron chi connectivity index (χ2n) is 6.57. The standard InChI is InChI=1S/C19H23N3O2/c1-11-17(13(3)23)12(2)21-18(11)19(24)22-9-15(16(20)10-22)14-7-5-4-6-8-14/h4-8,15-16,21H,9-10,20H2,1-3H3/t15-,16+/m0/s1. The molecule has 0 saturated carbocycles. The number of rotatable bonds is 3. The molecule has 24 heavy (non-hydrogen) atoms. The van der Waals surface area contributed by atoms with Crippen LogP contribution in [-0.2, 0) is 0 Å². The minimum atomic E-state index is -0.0861. The molecular weight excluding hydrogens is 302 g/mol. The van der Waals surface area contributed by atoms with Gasteiger partial charge in [-0.15, -0.1) is 0 Å². The summed E-state index contributed by atoms with van der Waals surface area (Å²) in [6, 6.07) is 9.97. The summed E-state index contributed by atoms with van der Waals surface area (Å²) in [5, 5.41) is 0. The number of aromatic amines is 1. The molecule has 1 saturated heterocycles. The highest BCUT2D eigenvalue weighted by Crippen LogP contribution is 2.28. The fraction of sp³-hybridized carbons (Fsp3) is 0.368. The molecule has 0 unspecified atom stereocenters. The summed E-state index contributed by atoms with van der Waals surface area (Å²) >= 11 is 0. The minimum absolute atomic E-state index is 0.0272. The van der Waals surface area contributed by atoms with Crippen molar-refractivity contribution < 1.29 is 9.59 Å². The fourth-order valence-electron chi connectivity index (χ4n) is 3.70. The van der Waals surface area contributed by atoms with Crippen LogP contribution in [0.25, 0.3) is 0 Å². The fourth-order valence-corrected chi connectivity index (χ4v) is 3.70. The van der Waals surface area contributed by atoms with Crippen LogP contribution in [0.2, 0.25) is 0 Å². The summed E-state index contributed by atoms with van der Waals surface area (Å²) in [5.41, 5.74) is 10.0. The molecule has 2 heterocycles. The average molecular weight is 325 g/mol. The zero-order valence-corrected chi connectivity index (χ0v) is 14.3. The number of hydrogen-bond donors (Lipinski definition) is 2. The van der Waals surface area contributed by atoms with Crippen molar-refractivity contribution in [3.8, 4) is 0 Å². The van der Waals surface area contributed by atoms with E-state index in [4.69, 9.17) is 5.73 Å². The van der Waals surface area contributed by atoms with E-state index in [2.05, 4.69) is 17.1 Å². The molecule has 1 aliphatic heterocycles. The average Bonchev–Trinajstić information content (AvgIpc) is 3.07. The highest BCUT2D eigenvalue weighted by Gasteiger charge is 2.35. The van der Waals surface area contributed by atoms with Gasteiger partial charge in [0.1, 0.15) is 5.69 Å². The Hall–Kier alpha value is -2.40. The number of hydrogen-bond acceptors (Lipinski definition) is 3. The van der Waals surface area contributed by atoms with Gasteiger partial charge >= 0.3 is 0 Å². The van der Waals surface area contributed by atoms with E-state index in [0.717, 1.165) is 16.8 Å². The lowest BCUT2D eigenvalue weighted by atomic mass is 9.95. The van der Waals surface area contributed by atoms with Crippen LogP contribution in [0, 0.1) is 13.8 Å². The van der Waals surface area contributed by atoms with Gasteiger partial charge in [-0.3, -0.25) is 9.59 Å². The van der Waals surface area contributed by atoms with Gasteiger partial charge in [-0.05, 0) is 31.9 Å². The van der Waals surface area contributed by atoms with Gasteiger partial charge in [-0.1, -0.05) is 30.3 Å². The number of aromatic nitrogens is 1. The number of nitrogens with two attached hydrogens (primary N) is 1. The Bertz CT molecular complexity index is 779. The first-order valence-electron chi connectivity index (χ1n) is 8.20. The van der Waals surface area contributed by atoms with E-state index < -0.39 is 0 Å². The third-order valence-corrected chi connectivity index (χ3v) is 4.88. The number of nitrogens with zero attached hydrogens (tertiary/aromatic N) is 1. The van der Waals surface area contributed by atoms with E-state index in [1.54, 1.807) is 4.90 Å². The molecule has 1 aromatic carbocycles. The Morgan fingerprint density at radius 2 is 1.83 bits per heavy atom. The zero-order valence-electron chi connectivity index (χ0n) is 14.3. The predicted octanol–water partition coefficient (Wildman–Crippen LogP) is 2.40. The van der Waals surface area contributed by atoms with Crippen LogP contribution in [0.15, 0.2) is 30.3 Å². The van der Waals surface area contributed by atoms with E-state index in [9.17, 15) is 9.59 Å². The van der Waals surface area contributed by atoms with Gasteiger partial charge in [0, 0.05) is 36.3 Å². The Labute approximate surface area is 141 Å². The van der Waals surface area contributed by atoms with E-state index in [1.165, 1.54) is 6.92 Å². The quantitative estimate of drug-likeness (QED) is 0.851. The normalized spacial score (nSPS) is 20.4. The van der Waals surface area contributed by atoms with Gasteiger partial charge < -0.3 is 15.6 Å². The number of aryl methyl sites for hydroxylation is 1. The van der Waals surface area contributed by atoms with E-state index in [0.29, 0.717) is 24.3 Å². The first-order chi connectivity index (χ1) is 11.4. The molecule has 3 rings (SSSR count). The van der Waals surface area contributed by atoms with Crippen molar-refractivity contribution in [3.63, 3.8) is 0 Å². The lowest BCUT2D eigenvalue weighted by Crippen LogP contribution is -2.32. The maximum Gasteiger partial charge on any atom is 0.270 e. The Morgan fingerprint density at radius 3 is 2.42 bits per heavy atom. The van der Waals surface area contributed by atoms with Gasteiger partial charge in [0.05, 0.1) is 0 Å². The third-order valence-electron chi connectivity index (χ3n) is 4.88. The number of H-pyrrole nitrogens is 1. The van der Waals surface area contributed by atoms with Crippen molar-refractivity contribution in [2.45, 2.75) is 32.7 Å². The van der Waals surface area contributed by atoms with Crippen LogP contribution in [0.1, 0.15) is 50.5 Å². The molecule has 0 spiro atoms. The van der Waals surface area contributed by atoms with E-state index in [-0.39, 0.29) is 23.7 Å². The SMILES string of the molecule is CC(=O)c1c(C)[nH]c(C(=O)N2C[C@@H](N)[C@H](c3ccccc3)C2)c1C. The number of Topliss-reactive ketones (excluding diaryl/α,β-unsaturated/α-hetero) is 1. The van der Waals surface area contributed by atoms with Gasteiger partial charge in [-0.2, -0.15) is 0 Å². The smallest absolute Gasteiger partial charge is 0.270 e. The molecule has 5 nitrogen and oxygen atoms in total. The molecule has 0 bridgehead atoms. The molecule has 126 valence electrons. The molecule has 1 aliphatic rings. The molecule has 1 aromatic heterocycles. The Balaban J connectivity index is 1.85. The maximum atomic E-state index is 12.9. The Kier molecular flexibility index (Phi) is 4.28. The van der Waals surface area contributed by atoms with Gasteiger partial charge in [0.25, 0.3) is 5.91 Å². The summed E-state index contributed by atoms with van der Waals surface area (Å²) in [6.07, 6.45) is 0. The maximum absolute atomic E-state index is 12.9. The molecule has 0 radical (unpaired) electrons. The van der Waals surface area contributed by atoms with Crippen molar-refractivity contribution >= 4 is 11.7 Å². The van der Waals surface area contributed by atoms with Crippen molar-refractivity contribution in [3.05, 3.63) is 58.4 Å². The molecule has 2 atom stereocenters. The van der Waals surface area contributed by atoms with Gasteiger partial charge in [0.15, 0.2) is 5.78 Å². The molecule has 0 aliphatic carbocycles. The number of benzene rings is 1.